The molecule has 0 spiro atoms. The van der Waals surface area contributed by atoms with Crippen LogP contribution in [0.4, 0.5) is 5.69 Å². The van der Waals surface area contributed by atoms with Gasteiger partial charge in [-0.05, 0) is 60.6 Å². The fraction of sp³-hybridized carbons (Fsp3) is 0.409. The van der Waals surface area contributed by atoms with Gasteiger partial charge in [0.15, 0.2) is 0 Å². The SMILES string of the molecule is Cc1c(Br)ccc2c1NC(=O)C2(c1ccc(O)cc1)C1CCCCCC1. The third-order valence-electron chi connectivity index (χ3n) is 6.21. The summed E-state index contributed by atoms with van der Waals surface area (Å²) in [6.07, 6.45) is 6.95. The van der Waals surface area contributed by atoms with Crippen molar-refractivity contribution in [2.75, 3.05) is 5.32 Å². The molecule has 1 amide bonds. The number of nitrogens with one attached hydrogen (secondary N) is 1. The van der Waals surface area contributed by atoms with E-state index in [1.807, 2.05) is 19.1 Å². The van der Waals surface area contributed by atoms with E-state index in [-0.39, 0.29) is 17.6 Å². The average Bonchev–Trinajstić information content (AvgIpc) is 2.80. The fourth-order valence-corrected chi connectivity index (χ4v) is 5.21. The van der Waals surface area contributed by atoms with Crippen LogP contribution in [0.5, 0.6) is 5.75 Å². The van der Waals surface area contributed by atoms with Crippen LogP contribution < -0.4 is 5.32 Å². The third-order valence-corrected chi connectivity index (χ3v) is 7.07. The van der Waals surface area contributed by atoms with Gasteiger partial charge in [0.25, 0.3) is 0 Å². The second-order valence-corrected chi connectivity index (χ2v) is 8.45. The molecule has 136 valence electrons. The highest BCUT2D eigenvalue weighted by atomic mass is 79.9. The first kappa shape index (κ1) is 17.6. The van der Waals surface area contributed by atoms with Crippen molar-refractivity contribution in [1.29, 1.82) is 0 Å². The van der Waals surface area contributed by atoms with Gasteiger partial charge in [0.1, 0.15) is 11.2 Å². The molecule has 1 saturated carbocycles. The van der Waals surface area contributed by atoms with Gasteiger partial charge in [0, 0.05) is 10.2 Å². The van der Waals surface area contributed by atoms with Gasteiger partial charge in [0.05, 0.1) is 0 Å². The van der Waals surface area contributed by atoms with E-state index < -0.39 is 5.41 Å². The van der Waals surface area contributed by atoms with Crippen molar-refractivity contribution >= 4 is 27.5 Å². The molecule has 1 heterocycles. The van der Waals surface area contributed by atoms with E-state index in [0.717, 1.165) is 39.7 Å². The number of halogens is 1. The van der Waals surface area contributed by atoms with E-state index in [1.54, 1.807) is 12.1 Å². The molecule has 1 fully saturated rings. The third kappa shape index (κ3) is 2.58. The van der Waals surface area contributed by atoms with Gasteiger partial charge in [-0.25, -0.2) is 0 Å². The van der Waals surface area contributed by atoms with Crippen LogP contribution in [0.15, 0.2) is 40.9 Å². The Kier molecular flexibility index (Phi) is 4.55. The molecular formula is C22H24BrNO2. The van der Waals surface area contributed by atoms with E-state index in [4.69, 9.17) is 0 Å². The highest BCUT2D eigenvalue weighted by Gasteiger charge is 2.53. The number of aromatic hydroxyl groups is 1. The lowest BCUT2D eigenvalue weighted by molar-refractivity contribution is -0.121. The smallest absolute Gasteiger partial charge is 0.239 e. The van der Waals surface area contributed by atoms with Crippen molar-refractivity contribution in [2.24, 2.45) is 5.92 Å². The van der Waals surface area contributed by atoms with E-state index in [2.05, 4.69) is 33.4 Å². The van der Waals surface area contributed by atoms with Gasteiger partial charge >= 0.3 is 0 Å². The summed E-state index contributed by atoms with van der Waals surface area (Å²) < 4.78 is 1.01. The van der Waals surface area contributed by atoms with Crippen molar-refractivity contribution in [1.82, 2.24) is 0 Å². The van der Waals surface area contributed by atoms with Gasteiger partial charge in [-0.15, -0.1) is 0 Å². The summed E-state index contributed by atoms with van der Waals surface area (Å²) in [7, 11) is 0. The van der Waals surface area contributed by atoms with Crippen LogP contribution in [0.3, 0.4) is 0 Å². The zero-order valence-electron chi connectivity index (χ0n) is 15.0. The Labute approximate surface area is 162 Å². The highest BCUT2D eigenvalue weighted by Crippen LogP contribution is 2.53. The van der Waals surface area contributed by atoms with Crippen molar-refractivity contribution in [3.8, 4) is 5.75 Å². The lowest BCUT2D eigenvalue weighted by atomic mass is 9.64. The van der Waals surface area contributed by atoms with Crippen LogP contribution >= 0.6 is 15.9 Å². The molecule has 1 atom stereocenters. The van der Waals surface area contributed by atoms with Gasteiger partial charge in [-0.2, -0.15) is 0 Å². The Morgan fingerprint density at radius 1 is 1.04 bits per heavy atom. The fourth-order valence-electron chi connectivity index (χ4n) is 4.87. The Balaban J connectivity index is 1.97. The molecule has 26 heavy (non-hydrogen) atoms. The molecule has 2 aliphatic rings. The average molecular weight is 414 g/mol. The van der Waals surface area contributed by atoms with Gasteiger partial charge in [-0.1, -0.05) is 59.8 Å². The zero-order valence-corrected chi connectivity index (χ0v) is 16.6. The maximum atomic E-state index is 13.5. The van der Waals surface area contributed by atoms with E-state index in [1.165, 1.54) is 25.7 Å². The maximum absolute atomic E-state index is 13.5. The summed E-state index contributed by atoms with van der Waals surface area (Å²) in [6, 6.07) is 11.4. The molecule has 0 bridgehead atoms. The van der Waals surface area contributed by atoms with E-state index in [9.17, 15) is 9.90 Å². The van der Waals surface area contributed by atoms with E-state index in [0.29, 0.717) is 0 Å². The molecule has 2 N–H and O–H groups in total. The molecule has 4 rings (SSSR count). The van der Waals surface area contributed by atoms with Crippen molar-refractivity contribution < 1.29 is 9.90 Å². The summed E-state index contributed by atoms with van der Waals surface area (Å²) in [4.78, 5) is 13.5. The molecule has 0 radical (unpaired) electrons. The molecule has 2 aromatic carbocycles. The predicted octanol–water partition coefficient (Wildman–Crippen LogP) is 5.67. The number of phenols is 1. The number of amides is 1. The molecule has 1 aliphatic carbocycles. The summed E-state index contributed by atoms with van der Waals surface area (Å²) in [5, 5.41) is 13.0. The Bertz CT molecular complexity index is 838. The summed E-state index contributed by atoms with van der Waals surface area (Å²) in [5.41, 5.74) is 3.42. The lowest BCUT2D eigenvalue weighted by Gasteiger charge is -2.36. The predicted molar refractivity (Wildman–Crippen MR) is 108 cm³/mol. The Morgan fingerprint density at radius 3 is 2.35 bits per heavy atom. The molecule has 2 aromatic rings. The Morgan fingerprint density at radius 2 is 1.69 bits per heavy atom. The number of phenolic OH excluding ortho intramolecular Hbond substituents is 1. The van der Waals surface area contributed by atoms with Crippen LogP contribution in [0.2, 0.25) is 0 Å². The quantitative estimate of drug-likeness (QED) is 0.622. The first-order valence-electron chi connectivity index (χ1n) is 9.45. The molecular weight excluding hydrogens is 390 g/mol. The molecule has 1 aliphatic heterocycles. The molecule has 3 nitrogen and oxygen atoms in total. The van der Waals surface area contributed by atoms with Crippen LogP contribution in [0, 0.1) is 12.8 Å². The summed E-state index contributed by atoms with van der Waals surface area (Å²) >= 11 is 3.60. The van der Waals surface area contributed by atoms with Crippen LogP contribution in [0.25, 0.3) is 0 Å². The minimum atomic E-state index is -0.668. The van der Waals surface area contributed by atoms with Crippen molar-refractivity contribution in [2.45, 2.75) is 50.9 Å². The number of fused-ring (bicyclic) bond motifs is 1. The number of carbonyl (C=O) groups is 1. The summed E-state index contributed by atoms with van der Waals surface area (Å²) in [5.74, 6) is 0.582. The standard InChI is InChI=1S/C22H24BrNO2/c1-14-19(23)13-12-18-20(14)24-21(26)22(18,15-6-4-2-3-5-7-15)16-8-10-17(25)11-9-16/h8-13,15,25H,2-7H2,1H3,(H,24,26). The zero-order chi connectivity index (χ0) is 18.3. The topological polar surface area (TPSA) is 49.3 Å². The normalized spacial score (nSPS) is 23.4. The first-order valence-corrected chi connectivity index (χ1v) is 10.2. The van der Waals surface area contributed by atoms with Crippen molar-refractivity contribution in [3.63, 3.8) is 0 Å². The second-order valence-electron chi connectivity index (χ2n) is 7.59. The van der Waals surface area contributed by atoms with Crippen LogP contribution in [0.1, 0.15) is 55.2 Å². The number of anilines is 1. The van der Waals surface area contributed by atoms with Crippen LogP contribution in [-0.2, 0) is 10.2 Å². The largest absolute Gasteiger partial charge is 0.508 e. The molecule has 1 unspecified atom stereocenters. The van der Waals surface area contributed by atoms with Gasteiger partial charge in [0.2, 0.25) is 5.91 Å². The maximum Gasteiger partial charge on any atom is 0.239 e. The number of hydrogen-bond acceptors (Lipinski definition) is 2. The monoisotopic (exact) mass is 413 g/mol. The van der Waals surface area contributed by atoms with Gasteiger partial charge in [-0.3, -0.25) is 4.79 Å². The number of carbonyl (C=O) groups excluding carboxylic acids is 1. The van der Waals surface area contributed by atoms with Gasteiger partial charge < -0.3 is 10.4 Å². The van der Waals surface area contributed by atoms with Crippen LogP contribution in [-0.4, -0.2) is 11.0 Å². The highest BCUT2D eigenvalue weighted by molar-refractivity contribution is 9.10. The number of hydrogen-bond donors (Lipinski definition) is 2. The lowest BCUT2D eigenvalue weighted by Crippen LogP contribution is -2.43. The minimum absolute atomic E-state index is 0.0753. The van der Waals surface area contributed by atoms with Crippen molar-refractivity contribution in [3.05, 3.63) is 57.6 Å². The number of benzene rings is 2. The molecule has 0 aromatic heterocycles. The molecule has 0 saturated heterocycles. The molecule has 4 heteroatoms. The Hall–Kier alpha value is -1.81. The summed E-state index contributed by atoms with van der Waals surface area (Å²) in [6.45, 7) is 2.04. The minimum Gasteiger partial charge on any atom is -0.508 e. The van der Waals surface area contributed by atoms with E-state index >= 15 is 0 Å². The second kappa shape index (κ2) is 6.73. The number of rotatable bonds is 2. The first-order chi connectivity index (χ1) is 12.5.